The van der Waals surface area contributed by atoms with E-state index in [9.17, 15) is 9.18 Å². The number of benzene rings is 1. The first-order chi connectivity index (χ1) is 9.06. The standard InChI is InChI=1S/C13H10BrFN2O2/c14-12-4-2-10(6-17-12)19-7-9-5-8(13(16)18)1-3-11(9)15/h1-6H,7H2,(H2,16,18). The molecule has 0 atom stereocenters. The zero-order valence-electron chi connectivity index (χ0n) is 9.77. The highest BCUT2D eigenvalue weighted by Gasteiger charge is 2.08. The van der Waals surface area contributed by atoms with Gasteiger partial charge >= 0.3 is 0 Å². The van der Waals surface area contributed by atoms with Crippen molar-refractivity contribution >= 4 is 21.8 Å². The van der Waals surface area contributed by atoms with E-state index in [1.54, 1.807) is 12.1 Å². The van der Waals surface area contributed by atoms with Gasteiger partial charge < -0.3 is 10.5 Å². The van der Waals surface area contributed by atoms with E-state index < -0.39 is 11.7 Å². The molecule has 2 N–H and O–H groups in total. The van der Waals surface area contributed by atoms with E-state index in [1.807, 2.05) is 0 Å². The van der Waals surface area contributed by atoms with Crippen molar-refractivity contribution in [3.63, 3.8) is 0 Å². The van der Waals surface area contributed by atoms with Crippen molar-refractivity contribution < 1.29 is 13.9 Å². The SMILES string of the molecule is NC(=O)c1ccc(F)c(COc2ccc(Br)nc2)c1. The molecule has 0 spiro atoms. The zero-order chi connectivity index (χ0) is 13.8. The first-order valence-corrected chi connectivity index (χ1v) is 6.18. The highest BCUT2D eigenvalue weighted by Crippen LogP contribution is 2.16. The van der Waals surface area contributed by atoms with Crippen LogP contribution in [-0.2, 0) is 6.61 Å². The molecule has 1 aromatic carbocycles. The van der Waals surface area contributed by atoms with Crippen LogP contribution in [0.5, 0.6) is 5.75 Å². The molecule has 0 fully saturated rings. The van der Waals surface area contributed by atoms with Gasteiger partial charge in [0.2, 0.25) is 5.91 Å². The smallest absolute Gasteiger partial charge is 0.248 e. The second kappa shape index (κ2) is 5.79. The van der Waals surface area contributed by atoms with Crippen molar-refractivity contribution in [2.75, 3.05) is 0 Å². The lowest BCUT2D eigenvalue weighted by Gasteiger charge is -2.08. The molecule has 0 bridgehead atoms. The van der Waals surface area contributed by atoms with Crippen LogP contribution in [0.1, 0.15) is 15.9 Å². The number of amides is 1. The van der Waals surface area contributed by atoms with Gasteiger partial charge in [-0.05, 0) is 46.3 Å². The Morgan fingerprint density at radius 3 is 2.79 bits per heavy atom. The van der Waals surface area contributed by atoms with Gasteiger partial charge in [0.25, 0.3) is 0 Å². The Morgan fingerprint density at radius 2 is 2.16 bits per heavy atom. The van der Waals surface area contributed by atoms with Crippen molar-refractivity contribution in [3.8, 4) is 5.75 Å². The number of primary amides is 1. The van der Waals surface area contributed by atoms with Crippen molar-refractivity contribution in [1.82, 2.24) is 4.98 Å². The summed E-state index contributed by atoms with van der Waals surface area (Å²) in [6.07, 6.45) is 1.51. The van der Waals surface area contributed by atoms with E-state index in [-0.39, 0.29) is 17.7 Å². The van der Waals surface area contributed by atoms with Gasteiger partial charge in [-0.3, -0.25) is 4.79 Å². The van der Waals surface area contributed by atoms with Gasteiger partial charge in [0.05, 0.1) is 6.20 Å². The number of aromatic nitrogens is 1. The lowest BCUT2D eigenvalue weighted by molar-refractivity contribution is 0.1000. The number of halogens is 2. The van der Waals surface area contributed by atoms with Crippen LogP contribution in [-0.4, -0.2) is 10.9 Å². The van der Waals surface area contributed by atoms with E-state index in [4.69, 9.17) is 10.5 Å². The quantitative estimate of drug-likeness (QED) is 0.879. The van der Waals surface area contributed by atoms with Gasteiger partial charge in [0.1, 0.15) is 22.8 Å². The molecule has 1 amide bonds. The Kier molecular flexibility index (Phi) is 4.11. The van der Waals surface area contributed by atoms with Crippen molar-refractivity contribution in [3.05, 3.63) is 58.1 Å². The second-order valence-corrected chi connectivity index (χ2v) is 4.59. The lowest BCUT2D eigenvalue weighted by Crippen LogP contribution is -2.12. The van der Waals surface area contributed by atoms with Crippen molar-refractivity contribution in [2.24, 2.45) is 5.73 Å². The molecule has 1 aromatic heterocycles. The van der Waals surface area contributed by atoms with Gasteiger partial charge in [-0.25, -0.2) is 9.37 Å². The molecular weight excluding hydrogens is 315 g/mol. The Labute approximate surface area is 117 Å². The van der Waals surface area contributed by atoms with Crippen LogP contribution in [0.25, 0.3) is 0 Å². The Balaban J connectivity index is 2.12. The highest BCUT2D eigenvalue weighted by molar-refractivity contribution is 9.10. The van der Waals surface area contributed by atoms with Crippen LogP contribution in [0.15, 0.2) is 41.1 Å². The van der Waals surface area contributed by atoms with Crippen LogP contribution >= 0.6 is 15.9 Å². The Hall–Kier alpha value is -1.95. The summed E-state index contributed by atoms with van der Waals surface area (Å²) in [5.74, 6) is -0.547. The maximum atomic E-state index is 13.5. The number of ether oxygens (including phenoxy) is 1. The Bertz CT molecular complexity index is 602. The third-order valence-corrected chi connectivity index (χ3v) is 2.89. The number of nitrogens with two attached hydrogens (primary N) is 1. The third-order valence-electron chi connectivity index (χ3n) is 2.42. The maximum Gasteiger partial charge on any atom is 0.248 e. The maximum absolute atomic E-state index is 13.5. The van der Waals surface area contributed by atoms with Crippen molar-refractivity contribution in [1.29, 1.82) is 0 Å². The lowest BCUT2D eigenvalue weighted by atomic mass is 10.1. The molecule has 0 aliphatic carbocycles. The molecule has 2 aromatic rings. The molecule has 4 nitrogen and oxygen atoms in total. The fourth-order valence-corrected chi connectivity index (χ4v) is 1.68. The fourth-order valence-electron chi connectivity index (χ4n) is 1.45. The number of pyridine rings is 1. The average Bonchev–Trinajstić information content (AvgIpc) is 2.39. The molecular formula is C13H10BrFN2O2. The Morgan fingerprint density at radius 1 is 1.37 bits per heavy atom. The zero-order valence-corrected chi connectivity index (χ0v) is 11.4. The molecule has 0 aliphatic heterocycles. The molecule has 0 aliphatic rings. The molecule has 6 heteroatoms. The highest BCUT2D eigenvalue weighted by atomic mass is 79.9. The van der Waals surface area contributed by atoms with Crippen molar-refractivity contribution in [2.45, 2.75) is 6.61 Å². The summed E-state index contributed by atoms with van der Waals surface area (Å²) in [6.45, 7) is -0.00370. The van der Waals surface area contributed by atoms with Gasteiger partial charge in [-0.15, -0.1) is 0 Å². The number of carbonyl (C=O) groups is 1. The van der Waals surface area contributed by atoms with E-state index in [1.165, 1.54) is 24.4 Å². The molecule has 2 rings (SSSR count). The monoisotopic (exact) mass is 324 g/mol. The number of nitrogens with zero attached hydrogens (tertiary/aromatic N) is 1. The largest absolute Gasteiger partial charge is 0.487 e. The van der Waals surface area contributed by atoms with Gasteiger partial charge in [0, 0.05) is 11.1 Å². The van der Waals surface area contributed by atoms with E-state index in [0.29, 0.717) is 10.4 Å². The molecule has 1 heterocycles. The first-order valence-electron chi connectivity index (χ1n) is 5.39. The minimum atomic E-state index is -0.605. The number of hydrogen-bond donors (Lipinski definition) is 1. The molecule has 0 radical (unpaired) electrons. The van der Waals surface area contributed by atoms with E-state index in [2.05, 4.69) is 20.9 Å². The molecule has 98 valence electrons. The summed E-state index contributed by atoms with van der Waals surface area (Å²) in [5.41, 5.74) is 5.65. The summed E-state index contributed by atoms with van der Waals surface area (Å²) in [7, 11) is 0. The fraction of sp³-hybridized carbons (Fsp3) is 0.0769. The molecule has 0 unspecified atom stereocenters. The minimum Gasteiger partial charge on any atom is -0.487 e. The van der Waals surface area contributed by atoms with E-state index in [0.717, 1.165) is 0 Å². The number of carbonyl (C=O) groups excluding carboxylic acids is 1. The van der Waals surface area contributed by atoms with Crippen LogP contribution in [0.4, 0.5) is 4.39 Å². The minimum absolute atomic E-state index is 0.00370. The average molecular weight is 325 g/mol. The summed E-state index contributed by atoms with van der Waals surface area (Å²) < 4.78 is 19.6. The summed E-state index contributed by atoms with van der Waals surface area (Å²) in [6, 6.07) is 7.32. The topological polar surface area (TPSA) is 65.2 Å². The van der Waals surface area contributed by atoms with Gasteiger partial charge in [-0.2, -0.15) is 0 Å². The van der Waals surface area contributed by atoms with E-state index >= 15 is 0 Å². The number of rotatable bonds is 4. The van der Waals surface area contributed by atoms with Crippen LogP contribution in [0.2, 0.25) is 0 Å². The molecule has 0 saturated heterocycles. The second-order valence-electron chi connectivity index (χ2n) is 3.78. The predicted octanol–water partition coefficient (Wildman–Crippen LogP) is 2.66. The summed E-state index contributed by atoms with van der Waals surface area (Å²) in [4.78, 5) is 15.0. The first kappa shape index (κ1) is 13.5. The summed E-state index contributed by atoms with van der Waals surface area (Å²) >= 11 is 3.20. The third kappa shape index (κ3) is 3.51. The predicted molar refractivity (Wildman–Crippen MR) is 71.2 cm³/mol. The summed E-state index contributed by atoms with van der Waals surface area (Å²) in [5, 5.41) is 0. The van der Waals surface area contributed by atoms with Crippen LogP contribution in [0.3, 0.4) is 0 Å². The van der Waals surface area contributed by atoms with Crippen LogP contribution in [0, 0.1) is 5.82 Å². The van der Waals surface area contributed by atoms with Gasteiger partial charge in [-0.1, -0.05) is 0 Å². The normalized spacial score (nSPS) is 10.2. The van der Waals surface area contributed by atoms with Gasteiger partial charge in [0.15, 0.2) is 0 Å². The number of hydrogen-bond acceptors (Lipinski definition) is 3. The van der Waals surface area contributed by atoms with Crippen LogP contribution < -0.4 is 10.5 Å². The molecule has 19 heavy (non-hydrogen) atoms. The molecule has 0 saturated carbocycles.